The molecule has 0 aliphatic rings. The van der Waals surface area contributed by atoms with E-state index in [1.165, 1.54) is 24.3 Å². The molecule has 2 aromatic carbocycles. The van der Waals surface area contributed by atoms with Gasteiger partial charge in [0.2, 0.25) is 0 Å². The number of amides is 1. The van der Waals surface area contributed by atoms with Crippen LogP contribution in [0.1, 0.15) is 59.8 Å². The van der Waals surface area contributed by atoms with Crippen LogP contribution in [0.3, 0.4) is 0 Å². The molecule has 0 saturated heterocycles. The fourth-order valence-corrected chi connectivity index (χ4v) is 3.73. The van der Waals surface area contributed by atoms with Crippen molar-refractivity contribution >= 4 is 18.0 Å². The quantitative estimate of drug-likeness (QED) is 0.290. The summed E-state index contributed by atoms with van der Waals surface area (Å²) in [7, 11) is 2.80. The lowest BCUT2D eigenvalue weighted by Crippen LogP contribution is -2.24. The van der Waals surface area contributed by atoms with E-state index in [0.717, 1.165) is 19.0 Å². The molecule has 0 bridgehead atoms. The van der Waals surface area contributed by atoms with Crippen molar-refractivity contribution in [3.05, 3.63) is 76.6 Å². The predicted molar refractivity (Wildman–Crippen MR) is 146 cm³/mol. The van der Waals surface area contributed by atoms with Crippen LogP contribution in [0, 0.1) is 18.6 Å². The highest BCUT2D eigenvalue weighted by Gasteiger charge is 2.18. The van der Waals surface area contributed by atoms with Crippen molar-refractivity contribution in [1.82, 2.24) is 20.6 Å². The summed E-state index contributed by atoms with van der Waals surface area (Å²) in [4.78, 5) is 32.1. The molecule has 206 valence electrons. The first-order valence-electron chi connectivity index (χ1n) is 12.3. The van der Waals surface area contributed by atoms with Gasteiger partial charge in [0.05, 0.1) is 17.5 Å². The number of aliphatic hydroxyl groups is 1. The lowest BCUT2D eigenvalue weighted by molar-refractivity contribution is -0.108. The number of aromatic nitrogens is 2. The number of nitrogens with two attached hydrogens (primary N) is 1. The van der Waals surface area contributed by atoms with Crippen LogP contribution in [0.4, 0.5) is 14.6 Å². The number of hydrogen-bond donors (Lipinski definition) is 4. The second-order valence-electron chi connectivity index (χ2n) is 8.04. The van der Waals surface area contributed by atoms with Crippen LogP contribution in [0.15, 0.2) is 42.6 Å². The Labute approximate surface area is 222 Å². The monoisotopic (exact) mass is 529 g/mol. The summed E-state index contributed by atoms with van der Waals surface area (Å²) in [6.07, 6.45) is 3.36. The number of nitrogens with zero attached hydrogens (tertiary/aromatic N) is 2. The molecule has 0 saturated carbocycles. The van der Waals surface area contributed by atoms with Gasteiger partial charge >= 0.3 is 0 Å². The van der Waals surface area contributed by atoms with E-state index in [-0.39, 0.29) is 23.8 Å². The fourth-order valence-electron chi connectivity index (χ4n) is 3.73. The minimum absolute atomic E-state index is 0.0622. The van der Waals surface area contributed by atoms with Crippen LogP contribution < -0.4 is 16.4 Å². The summed E-state index contributed by atoms with van der Waals surface area (Å²) in [5.74, 6) is -1.71. The Morgan fingerprint density at radius 1 is 1.16 bits per heavy atom. The normalized spacial score (nSPS) is 10.8. The largest absolute Gasteiger partial charge is 0.400 e. The Morgan fingerprint density at radius 2 is 1.87 bits per heavy atom. The number of halogens is 2. The summed E-state index contributed by atoms with van der Waals surface area (Å²) in [5.41, 5.74) is 8.46. The van der Waals surface area contributed by atoms with Gasteiger partial charge in [-0.3, -0.25) is 4.79 Å². The summed E-state index contributed by atoms with van der Waals surface area (Å²) in [5, 5.41) is 12.7. The SMILES string of the molecule is CC.CNCC(CCC=O)c1cnc(N)c(-c2ccc(C(=O)NCc3cc(C)cc(F)c3)c(F)c2)n1.CO. The van der Waals surface area contributed by atoms with E-state index in [9.17, 15) is 18.4 Å². The van der Waals surface area contributed by atoms with E-state index >= 15 is 0 Å². The second-order valence-corrected chi connectivity index (χ2v) is 8.04. The lowest BCUT2D eigenvalue weighted by atomic mass is 9.99. The number of carbonyl (C=O) groups is 2. The first-order chi connectivity index (χ1) is 18.3. The van der Waals surface area contributed by atoms with Gasteiger partial charge in [-0.15, -0.1) is 0 Å². The highest BCUT2D eigenvalue weighted by molar-refractivity contribution is 5.95. The van der Waals surface area contributed by atoms with Crippen LogP contribution in [-0.4, -0.2) is 48.0 Å². The number of nitrogen functional groups attached to an aromatic ring is 1. The average molecular weight is 530 g/mol. The highest BCUT2D eigenvalue weighted by Crippen LogP contribution is 2.27. The van der Waals surface area contributed by atoms with Crippen LogP contribution in [0.5, 0.6) is 0 Å². The van der Waals surface area contributed by atoms with Gasteiger partial charge in [0.15, 0.2) is 0 Å². The number of aldehydes is 1. The van der Waals surface area contributed by atoms with Crippen LogP contribution in [0.2, 0.25) is 0 Å². The molecule has 5 N–H and O–H groups in total. The molecule has 1 amide bonds. The minimum Gasteiger partial charge on any atom is -0.400 e. The van der Waals surface area contributed by atoms with E-state index in [0.29, 0.717) is 41.9 Å². The molecule has 0 aliphatic heterocycles. The van der Waals surface area contributed by atoms with Gasteiger partial charge in [-0.05, 0) is 55.8 Å². The Balaban J connectivity index is 0.00000172. The zero-order valence-corrected chi connectivity index (χ0v) is 22.5. The number of rotatable bonds is 10. The van der Waals surface area contributed by atoms with E-state index in [4.69, 9.17) is 10.8 Å². The molecule has 0 spiro atoms. The first kappa shape index (κ1) is 32.3. The topological polar surface area (TPSA) is 130 Å². The minimum atomic E-state index is -0.746. The van der Waals surface area contributed by atoms with E-state index in [1.54, 1.807) is 32.3 Å². The Bertz CT molecular complexity index is 1170. The van der Waals surface area contributed by atoms with Crippen molar-refractivity contribution in [2.45, 2.75) is 46.1 Å². The summed E-state index contributed by atoms with van der Waals surface area (Å²) < 4.78 is 28.4. The van der Waals surface area contributed by atoms with Crippen LogP contribution >= 0.6 is 0 Å². The number of hydrogen-bond acceptors (Lipinski definition) is 7. The van der Waals surface area contributed by atoms with Gasteiger partial charge in [-0.25, -0.2) is 18.7 Å². The highest BCUT2D eigenvalue weighted by atomic mass is 19.1. The third-order valence-corrected chi connectivity index (χ3v) is 5.36. The molecule has 0 aliphatic carbocycles. The number of carbonyl (C=O) groups excluding carboxylic acids is 2. The van der Waals surface area contributed by atoms with E-state index < -0.39 is 17.5 Å². The molecular formula is C28H37F2N5O3. The lowest BCUT2D eigenvalue weighted by Gasteiger charge is -2.16. The molecule has 0 radical (unpaired) electrons. The standard InChI is InChI=1S/C25H27F2N5O2.C2H6.CH4O/c1-15-8-16(10-19(26)9-15)12-31-25(34)20-6-5-17(11-21(20)27)23-24(28)30-14-22(32-23)18(13-29-2)4-3-7-33;2*1-2/h5-11,14,18,29H,3-4,12-13H2,1-2H3,(H2,28,30)(H,31,34);1-2H3;2H,1H3. The predicted octanol–water partition coefficient (Wildman–Crippen LogP) is 4.16. The van der Waals surface area contributed by atoms with E-state index in [1.807, 2.05) is 13.8 Å². The van der Waals surface area contributed by atoms with Crippen LogP contribution in [-0.2, 0) is 11.3 Å². The zero-order valence-electron chi connectivity index (χ0n) is 22.5. The maximum Gasteiger partial charge on any atom is 0.254 e. The number of nitrogens with one attached hydrogen (secondary N) is 2. The molecule has 0 fully saturated rings. The average Bonchev–Trinajstić information content (AvgIpc) is 2.92. The van der Waals surface area contributed by atoms with Gasteiger partial charge in [0.1, 0.15) is 29.4 Å². The third kappa shape index (κ3) is 9.28. The van der Waals surface area contributed by atoms with Gasteiger partial charge < -0.3 is 26.3 Å². The van der Waals surface area contributed by atoms with Crippen molar-refractivity contribution in [2.24, 2.45) is 0 Å². The summed E-state index contributed by atoms with van der Waals surface area (Å²) >= 11 is 0. The van der Waals surface area contributed by atoms with Crippen molar-refractivity contribution in [1.29, 1.82) is 0 Å². The Hall–Kier alpha value is -3.76. The molecule has 10 heteroatoms. The van der Waals surface area contributed by atoms with Crippen molar-refractivity contribution in [3.63, 3.8) is 0 Å². The molecule has 3 aromatic rings. The summed E-state index contributed by atoms with van der Waals surface area (Å²) in [6, 6.07) is 8.53. The fraction of sp³-hybridized carbons (Fsp3) is 0.357. The Kier molecular flexibility index (Phi) is 14.3. The molecule has 8 nitrogen and oxygen atoms in total. The first-order valence-corrected chi connectivity index (χ1v) is 12.3. The number of likely N-dealkylation sites (N-methyl/N-ethyl adjacent to an activating group) is 1. The molecule has 1 heterocycles. The Morgan fingerprint density at radius 3 is 2.47 bits per heavy atom. The maximum atomic E-state index is 14.9. The van der Waals surface area contributed by atoms with Gasteiger partial charge in [0, 0.05) is 38.1 Å². The molecule has 38 heavy (non-hydrogen) atoms. The molecular weight excluding hydrogens is 492 g/mol. The van der Waals surface area contributed by atoms with Gasteiger partial charge in [0.25, 0.3) is 5.91 Å². The van der Waals surface area contributed by atoms with Gasteiger partial charge in [-0.2, -0.15) is 0 Å². The zero-order chi connectivity index (χ0) is 28.7. The molecule has 1 atom stereocenters. The van der Waals surface area contributed by atoms with Crippen molar-refractivity contribution in [2.75, 3.05) is 26.4 Å². The molecule has 1 unspecified atom stereocenters. The number of aliphatic hydroxyl groups excluding tert-OH is 1. The van der Waals surface area contributed by atoms with Crippen LogP contribution in [0.25, 0.3) is 11.3 Å². The smallest absolute Gasteiger partial charge is 0.254 e. The van der Waals surface area contributed by atoms with Crippen molar-refractivity contribution < 1.29 is 23.5 Å². The van der Waals surface area contributed by atoms with Crippen molar-refractivity contribution in [3.8, 4) is 11.3 Å². The van der Waals surface area contributed by atoms with Gasteiger partial charge in [-0.1, -0.05) is 26.0 Å². The number of anilines is 1. The molecule has 1 aromatic heterocycles. The summed E-state index contributed by atoms with van der Waals surface area (Å²) in [6.45, 7) is 6.40. The maximum absolute atomic E-state index is 14.9. The van der Waals surface area contributed by atoms with E-state index in [2.05, 4.69) is 20.6 Å². The molecule has 3 rings (SSSR count). The number of benzene rings is 2. The second kappa shape index (κ2) is 16.9. The third-order valence-electron chi connectivity index (χ3n) is 5.36. The number of aryl methyl sites for hydroxylation is 1.